The summed E-state index contributed by atoms with van der Waals surface area (Å²) in [5, 5.41) is 0. The second kappa shape index (κ2) is 53.7. The summed E-state index contributed by atoms with van der Waals surface area (Å²) in [5.41, 5.74) is 0. The van der Waals surface area contributed by atoms with Crippen LogP contribution in [0.1, 0.15) is 278 Å². The van der Waals surface area contributed by atoms with Crippen molar-refractivity contribution in [3.63, 3.8) is 0 Å². The molecule has 0 bridgehead atoms. The van der Waals surface area contributed by atoms with E-state index in [1.165, 1.54) is 128 Å². The molecule has 0 amide bonds. The molecular formula is C59H104O6. The molecule has 0 unspecified atom stereocenters. The summed E-state index contributed by atoms with van der Waals surface area (Å²) in [6, 6.07) is 0. The number of ether oxygens (including phenoxy) is 3. The van der Waals surface area contributed by atoms with E-state index in [1.807, 2.05) is 0 Å². The molecule has 65 heavy (non-hydrogen) atoms. The standard InChI is InChI=1S/C59H104O6/c1-4-7-10-13-16-19-22-25-28-29-32-34-37-40-43-46-49-52-58(61)64-55-56(65-59(62)53-50-47-44-41-38-35-31-27-24-21-18-15-12-9-6-3)54-63-57(60)51-48-45-42-39-36-33-30-26-23-20-17-14-11-8-5-2/h8,11,16-17,19-20,25-26,28,30,56H,4-7,9-10,12-15,18,21-24,27,29,31-55H2,1-3H3/b11-8-,19-16-,20-17-,28-25-,30-26-/t56-/m1/s1. The highest BCUT2D eigenvalue weighted by Crippen LogP contribution is 2.16. The Balaban J connectivity index is 4.39. The summed E-state index contributed by atoms with van der Waals surface area (Å²) in [4.78, 5) is 38.1. The topological polar surface area (TPSA) is 78.9 Å². The lowest BCUT2D eigenvalue weighted by atomic mass is 10.0. The van der Waals surface area contributed by atoms with Gasteiger partial charge in [0, 0.05) is 19.3 Å². The van der Waals surface area contributed by atoms with Crippen molar-refractivity contribution in [3.05, 3.63) is 60.8 Å². The molecule has 0 aliphatic heterocycles. The minimum Gasteiger partial charge on any atom is -0.462 e. The first kappa shape index (κ1) is 62.1. The van der Waals surface area contributed by atoms with E-state index >= 15 is 0 Å². The zero-order chi connectivity index (χ0) is 47.2. The highest BCUT2D eigenvalue weighted by atomic mass is 16.6. The summed E-state index contributed by atoms with van der Waals surface area (Å²) in [5.74, 6) is -0.896. The number of rotatable bonds is 50. The van der Waals surface area contributed by atoms with Gasteiger partial charge >= 0.3 is 17.9 Å². The van der Waals surface area contributed by atoms with Crippen molar-refractivity contribution >= 4 is 17.9 Å². The summed E-state index contributed by atoms with van der Waals surface area (Å²) in [6.07, 6.45) is 66.3. The van der Waals surface area contributed by atoms with E-state index in [9.17, 15) is 14.4 Å². The van der Waals surface area contributed by atoms with Crippen molar-refractivity contribution in [3.8, 4) is 0 Å². The molecule has 0 aromatic heterocycles. The van der Waals surface area contributed by atoms with Crippen LogP contribution in [0.3, 0.4) is 0 Å². The Kier molecular flexibility index (Phi) is 51.3. The molecule has 6 nitrogen and oxygen atoms in total. The van der Waals surface area contributed by atoms with Gasteiger partial charge in [-0.05, 0) is 83.5 Å². The highest BCUT2D eigenvalue weighted by molar-refractivity contribution is 5.71. The summed E-state index contributed by atoms with van der Waals surface area (Å²) >= 11 is 0. The number of unbranched alkanes of at least 4 members (excludes halogenated alkanes) is 29. The number of hydrogen-bond donors (Lipinski definition) is 0. The summed E-state index contributed by atoms with van der Waals surface area (Å²) < 4.78 is 16.8. The van der Waals surface area contributed by atoms with E-state index in [1.54, 1.807) is 0 Å². The van der Waals surface area contributed by atoms with E-state index in [0.717, 1.165) is 109 Å². The predicted molar refractivity (Wildman–Crippen MR) is 279 cm³/mol. The van der Waals surface area contributed by atoms with Crippen molar-refractivity contribution in [1.29, 1.82) is 0 Å². The third-order valence-electron chi connectivity index (χ3n) is 12.0. The van der Waals surface area contributed by atoms with Gasteiger partial charge in [0.2, 0.25) is 0 Å². The highest BCUT2D eigenvalue weighted by Gasteiger charge is 2.19. The molecular weight excluding hydrogens is 805 g/mol. The summed E-state index contributed by atoms with van der Waals surface area (Å²) in [6.45, 7) is 6.50. The molecule has 0 saturated carbocycles. The van der Waals surface area contributed by atoms with Crippen LogP contribution in [0.5, 0.6) is 0 Å². The van der Waals surface area contributed by atoms with Crippen molar-refractivity contribution in [1.82, 2.24) is 0 Å². The number of allylic oxidation sites excluding steroid dienone is 10. The Labute approximate surface area is 402 Å². The molecule has 0 aliphatic carbocycles. The van der Waals surface area contributed by atoms with Crippen molar-refractivity contribution in [2.45, 2.75) is 284 Å². The fourth-order valence-corrected chi connectivity index (χ4v) is 7.84. The van der Waals surface area contributed by atoms with Crippen LogP contribution in [0.2, 0.25) is 0 Å². The van der Waals surface area contributed by atoms with E-state index in [0.29, 0.717) is 19.3 Å². The quantitative estimate of drug-likeness (QED) is 0.0262. The molecule has 6 heteroatoms. The first-order chi connectivity index (χ1) is 32.0. The van der Waals surface area contributed by atoms with Crippen LogP contribution in [0, 0.1) is 0 Å². The van der Waals surface area contributed by atoms with Crippen LogP contribution < -0.4 is 0 Å². The average molecular weight is 909 g/mol. The predicted octanol–water partition coefficient (Wildman–Crippen LogP) is 18.4. The van der Waals surface area contributed by atoms with E-state index in [2.05, 4.69) is 81.5 Å². The van der Waals surface area contributed by atoms with Gasteiger partial charge in [0.1, 0.15) is 13.2 Å². The molecule has 0 N–H and O–H groups in total. The maximum absolute atomic E-state index is 12.8. The van der Waals surface area contributed by atoms with Gasteiger partial charge < -0.3 is 14.2 Å². The van der Waals surface area contributed by atoms with E-state index in [-0.39, 0.29) is 31.1 Å². The maximum Gasteiger partial charge on any atom is 0.306 e. The fraction of sp³-hybridized carbons (Fsp3) is 0.780. The third kappa shape index (κ3) is 51.9. The van der Waals surface area contributed by atoms with Crippen LogP contribution in [-0.2, 0) is 28.6 Å². The van der Waals surface area contributed by atoms with Crippen LogP contribution in [-0.4, -0.2) is 37.2 Å². The normalized spacial score (nSPS) is 12.5. The molecule has 0 aromatic carbocycles. The molecule has 0 radical (unpaired) electrons. The molecule has 0 heterocycles. The van der Waals surface area contributed by atoms with Gasteiger partial charge in [-0.2, -0.15) is 0 Å². The molecule has 0 spiro atoms. The number of carbonyl (C=O) groups excluding carboxylic acids is 3. The van der Waals surface area contributed by atoms with E-state index in [4.69, 9.17) is 14.2 Å². The smallest absolute Gasteiger partial charge is 0.306 e. The Morgan fingerprint density at radius 1 is 0.323 bits per heavy atom. The minimum absolute atomic E-state index is 0.0819. The molecule has 0 fully saturated rings. The second-order valence-electron chi connectivity index (χ2n) is 18.5. The van der Waals surface area contributed by atoms with Crippen LogP contribution >= 0.6 is 0 Å². The largest absolute Gasteiger partial charge is 0.462 e. The Morgan fingerprint density at radius 3 is 0.969 bits per heavy atom. The van der Waals surface area contributed by atoms with Crippen molar-refractivity contribution in [2.75, 3.05) is 13.2 Å². The van der Waals surface area contributed by atoms with Crippen molar-refractivity contribution < 1.29 is 28.6 Å². The first-order valence-corrected chi connectivity index (χ1v) is 27.8. The molecule has 0 saturated heterocycles. The first-order valence-electron chi connectivity index (χ1n) is 27.8. The zero-order valence-electron chi connectivity index (χ0n) is 43.0. The van der Waals surface area contributed by atoms with Gasteiger partial charge in [-0.15, -0.1) is 0 Å². The monoisotopic (exact) mass is 909 g/mol. The van der Waals surface area contributed by atoms with Gasteiger partial charge in [0.15, 0.2) is 6.10 Å². The van der Waals surface area contributed by atoms with Gasteiger partial charge in [0.25, 0.3) is 0 Å². The molecule has 0 aromatic rings. The lowest BCUT2D eigenvalue weighted by Crippen LogP contribution is -2.30. The molecule has 1 atom stereocenters. The summed E-state index contributed by atoms with van der Waals surface area (Å²) in [7, 11) is 0. The zero-order valence-corrected chi connectivity index (χ0v) is 43.0. The van der Waals surface area contributed by atoms with Gasteiger partial charge in [-0.25, -0.2) is 0 Å². The lowest BCUT2D eigenvalue weighted by molar-refractivity contribution is -0.167. The Hall–Kier alpha value is -2.89. The van der Waals surface area contributed by atoms with Crippen molar-refractivity contribution in [2.24, 2.45) is 0 Å². The van der Waals surface area contributed by atoms with E-state index < -0.39 is 6.10 Å². The average Bonchev–Trinajstić information content (AvgIpc) is 3.30. The van der Waals surface area contributed by atoms with Gasteiger partial charge in [-0.3, -0.25) is 14.4 Å². The number of carbonyl (C=O) groups is 3. The van der Waals surface area contributed by atoms with Crippen LogP contribution in [0.4, 0.5) is 0 Å². The van der Waals surface area contributed by atoms with Crippen LogP contribution in [0.15, 0.2) is 60.8 Å². The maximum atomic E-state index is 12.8. The van der Waals surface area contributed by atoms with Gasteiger partial charge in [0.05, 0.1) is 0 Å². The molecule has 0 rings (SSSR count). The number of hydrogen-bond acceptors (Lipinski definition) is 6. The fourth-order valence-electron chi connectivity index (χ4n) is 7.84. The lowest BCUT2D eigenvalue weighted by Gasteiger charge is -2.18. The number of esters is 3. The molecule has 376 valence electrons. The SMILES string of the molecule is CC/C=C\C/C=C\C/C=C\CCCCCCCC(=O)OC[C@H](COC(=O)CCCCCCCCC/C=C\C/C=C\CCCCC)OC(=O)CCCCCCCCCCCCCCCCC. The minimum atomic E-state index is -0.782. The third-order valence-corrected chi connectivity index (χ3v) is 12.0. The molecule has 0 aliphatic rings. The van der Waals surface area contributed by atoms with Crippen LogP contribution in [0.25, 0.3) is 0 Å². The van der Waals surface area contributed by atoms with Gasteiger partial charge in [-0.1, -0.05) is 236 Å². The Bertz CT molecular complexity index is 1180. The second-order valence-corrected chi connectivity index (χ2v) is 18.5. The Morgan fingerprint density at radius 2 is 0.600 bits per heavy atom.